The number of halogens is 1. The zero-order chi connectivity index (χ0) is 19.7. The summed E-state index contributed by atoms with van der Waals surface area (Å²) in [5.41, 5.74) is 2.15. The van der Waals surface area contributed by atoms with Crippen molar-refractivity contribution in [3.8, 4) is 11.3 Å². The normalized spacial score (nSPS) is 20.5. The Kier molecular flexibility index (Phi) is 4.81. The number of nitrogens with zero attached hydrogens (tertiary/aromatic N) is 2. The zero-order valence-corrected chi connectivity index (χ0v) is 15.1. The molecule has 28 heavy (non-hydrogen) atoms. The molecule has 0 saturated carbocycles. The molecule has 0 spiro atoms. The van der Waals surface area contributed by atoms with Gasteiger partial charge in [-0.15, -0.1) is 0 Å². The summed E-state index contributed by atoms with van der Waals surface area (Å²) in [6, 6.07) is 4.69. The predicted molar refractivity (Wildman–Crippen MR) is 99.0 cm³/mol. The predicted octanol–water partition coefficient (Wildman–Crippen LogP) is 0.888. The Morgan fingerprint density at radius 2 is 2.21 bits per heavy atom. The van der Waals surface area contributed by atoms with Gasteiger partial charge in [-0.25, -0.2) is 4.39 Å². The highest BCUT2D eigenvalue weighted by atomic mass is 19.1. The van der Waals surface area contributed by atoms with Crippen LogP contribution in [-0.4, -0.2) is 59.4 Å². The highest BCUT2D eigenvalue weighted by molar-refractivity contribution is 6.38. The molecule has 1 aromatic carbocycles. The van der Waals surface area contributed by atoms with Crippen LogP contribution < -0.4 is 10.6 Å². The number of nitrogens with one attached hydrogen (secondary N) is 3. The molecule has 8 nitrogen and oxygen atoms in total. The standard InChI is InChI=1S/C19H20FN5O3/c20-14-2-1-12(15-3-5-23-24-15)17-16(14)13(8-22-17)18(27)19(28)25-6-4-11(9-25)7-21-10-26/h1-3,5,10-11,13,22H,4,6-9H2,(H,21,26)(H,23,24)/t11-,13?/m1/s1. The number of carbonyl (C=O) groups is 3. The Morgan fingerprint density at radius 3 is 2.96 bits per heavy atom. The fourth-order valence-electron chi connectivity index (χ4n) is 3.99. The molecule has 1 unspecified atom stereocenters. The van der Waals surface area contributed by atoms with Crippen LogP contribution >= 0.6 is 0 Å². The third-order valence-electron chi connectivity index (χ3n) is 5.40. The second kappa shape index (κ2) is 7.41. The fraction of sp³-hybridized carbons (Fsp3) is 0.368. The van der Waals surface area contributed by atoms with Crippen LogP contribution in [0, 0.1) is 11.7 Å². The van der Waals surface area contributed by atoms with Crippen molar-refractivity contribution in [1.82, 2.24) is 20.4 Å². The van der Waals surface area contributed by atoms with Gasteiger partial charge in [0.25, 0.3) is 5.91 Å². The number of amides is 2. The van der Waals surface area contributed by atoms with Crippen molar-refractivity contribution in [2.45, 2.75) is 12.3 Å². The summed E-state index contributed by atoms with van der Waals surface area (Å²) >= 11 is 0. The molecule has 2 aliphatic rings. The number of benzene rings is 1. The molecule has 1 saturated heterocycles. The van der Waals surface area contributed by atoms with Crippen molar-refractivity contribution in [3.05, 3.63) is 35.8 Å². The Hall–Kier alpha value is -3.23. The number of Topliss-reactive ketones (excluding diaryl/α,β-unsaturated/α-hetero) is 1. The van der Waals surface area contributed by atoms with Crippen LogP contribution in [0.15, 0.2) is 24.4 Å². The SMILES string of the molecule is O=CNC[C@H]1CCN(C(=O)C(=O)C2CNc3c(-c4ccn[nH]4)ccc(F)c32)C1. The second-order valence-electron chi connectivity index (χ2n) is 7.08. The molecule has 2 aromatic rings. The molecule has 2 aliphatic heterocycles. The first kappa shape index (κ1) is 18.1. The van der Waals surface area contributed by atoms with Gasteiger partial charge in [-0.1, -0.05) is 0 Å². The number of fused-ring (bicyclic) bond motifs is 1. The molecule has 2 amide bonds. The van der Waals surface area contributed by atoms with Gasteiger partial charge in [0.2, 0.25) is 12.2 Å². The highest BCUT2D eigenvalue weighted by Crippen LogP contribution is 2.41. The lowest BCUT2D eigenvalue weighted by Crippen LogP contribution is -2.38. The maximum Gasteiger partial charge on any atom is 0.290 e. The lowest BCUT2D eigenvalue weighted by molar-refractivity contribution is -0.144. The van der Waals surface area contributed by atoms with Gasteiger partial charge >= 0.3 is 0 Å². The topological polar surface area (TPSA) is 107 Å². The Labute approximate surface area is 160 Å². The summed E-state index contributed by atoms with van der Waals surface area (Å²) in [6.07, 6.45) is 2.93. The molecule has 4 rings (SSSR count). The van der Waals surface area contributed by atoms with E-state index < -0.39 is 23.4 Å². The average molecular weight is 385 g/mol. The number of likely N-dealkylation sites (tertiary alicyclic amines) is 1. The van der Waals surface area contributed by atoms with E-state index >= 15 is 0 Å². The minimum absolute atomic E-state index is 0.125. The fourth-order valence-corrected chi connectivity index (χ4v) is 3.99. The zero-order valence-electron chi connectivity index (χ0n) is 15.1. The Morgan fingerprint density at radius 1 is 1.36 bits per heavy atom. The maximum atomic E-state index is 14.6. The van der Waals surface area contributed by atoms with Gasteiger partial charge in [-0.3, -0.25) is 19.5 Å². The van der Waals surface area contributed by atoms with Crippen LogP contribution in [-0.2, 0) is 14.4 Å². The lowest BCUT2D eigenvalue weighted by Gasteiger charge is -2.18. The number of anilines is 1. The number of hydrogen-bond acceptors (Lipinski definition) is 5. The van der Waals surface area contributed by atoms with Crippen molar-refractivity contribution in [2.75, 3.05) is 31.5 Å². The van der Waals surface area contributed by atoms with Gasteiger partial charge < -0.3 is 15.5 Å². The number of H-pyrrole nitrogens is 1. The first-order valence-corrected chi connectivity index (χ1v) is 9.16. The minimum atomic E-state index is -0.863. The van der Waals surface area contributed by atoms with Crippen molar-refractivity contribution >= 4 is 23.8 Å². The molecule has 3 heterocycles. The van der Waals surface area contributed by atoms with E-state index in [0.29, 0.717) is 43.0 Å². The van der Waals surface area contributed by atoms with E-state index in [-0.39, 0.29) is 18.0 Å². The number of rotatable bonds is 6. The molecular weight excluding hydrogens is 365 g/mol. The van der Waals surface area contributed by atoms with Gasteiger partial charge in [0.15, 0.2) is 0 Å². The monoisotopic (exact) mass is 385 g/mol. The number of ketones is 1. The summed E-state index contributed by atoms with van der Waals surface area (Å²) in [6.45, 7) is 1.51. The third-order valence-corrected chi connectivity index (χ3v) is 5.40. The van der Waals surface area contributed by atoms with Gasteiger partial charge in [0.05, 0.1) is 17.3 Å². The Balaban J connectivity index is 1.54. The van der Waals surface area contributed by atoms with Crippen LogP contribution in [0.5, 0.6) is 0 Å². The van der Waals surface area contributed by atoms with E-state index in [9.17, 15) is 18.8 Å². The van der Waals surface area contributed by atoms with E-state index in [4.69, 9.17) is 0 Å². The molecule has 2 atom stereocenters. The molecule has 0 radical (unpaired) electrons. The van der Waals surface area contributed by atoms with Crippen LogP contribution in [0.1, 0.15) is 17.9 Å². The van der Waals surface area contributed by atoms with Crippen LogP contribution in [0.4, 0.5) is 10.1 Å². The quantitative estimate of drug-likeness (QED) is 0.506. The summed E-state index contributed by atoms with van der Waals surface area (Å²) in [5, 5.41) is 12.4. The first-order chi connectivity index (χ1) is 13.6. The number of aromatic amines is 1. The van der Waals surface area contributed by atoms with Gasteiger partial charge in [-0.05, 0) is 30.5 Å². The number of hydrogen-bond donors (Lipinski definition) is 3. The lowest BCUT2D eigenvalue weighted by atomic mass is 9.93. The van der Waals surface area contributed by atoms with Gasteiger partial charge in [0, 0.05) is 43.5 Å². The summed E-state index contributed by atoms with van der Waals surface area (Å²) in [4.78, 5) is 37.5. The van der Waals surface area contributed by atoms with Gasteiger partial charge in [0.1, 0.15) is 5.82 Å². The van der Waals surface area contributed by atoms with Gasteiger partial charge in [-0.2, -0.15) is 5.10 Å². The Bertz CT molecular complexity index is 915. The third kappa shape index (κ3) is 3.12. The largest absolute Gasteiger partial charge is 0.383 e. The second-order valence-corrected chi connectivity index (χ2v) is 7.08. The molecule has 3 N–H and O–H groups in total. The molecule has 1 aromatic heterocycles. The highest BCUT2D eigenvalue weighted by Gasteiger charge is 2.39. The van der Waals surface area contributed by atoms with E-state index in [1.807, 2.05) is 0 Å². The minimum Gasteiger partial charge on any atom is -0.383 e. The summed E-state index contributed by atoms with van der Waals surface area (Å²) in [5.74, 6) is -2.46. The maximum absolute atomic E-state index is 14.6. The van der Waals surface area contributed by atoms with Crippen molar-refractivity contribution < 1.29 is 18.8 Å². The van der Waals surface area contributed by atoms with E-state index in [1.54, 1.807) is 18.3 Å². The van der Waals surface area contributed by atoms with E-state index in [1.165, 1.54) is 11.0 Å². The smallest absolute Gasteiger partial charge is 0.290 e. The summed E-state index contributed by atoms with van der Waals surface area (Å²) in [7, 11) is 0. The molecule has 1 fully saturated rings. The van der Waals surface area contributed by atoms with E-state index in [0.717, 1.165) is 6.42 Å². The van der Waals surface area contributed by atoms with Crippen LogP contribution in [0.3, 0.4) is 0 Å². The molecule has 146 valence electrons. The molecule has 0 aliphatic carbocycles. The van der Waals surface area contributed by atoms with Crippen molar-refractivity contribution in [3.63, 3.8) is 0 Å². The molecular formula is C19H20FN5O3. The van der Waals surface area contributed by atoms with Crippen molar-refractivity contribution in [2.24, 2.45) is 5.92 Å². The average Bonchev–Trinajstić information content (AvgIpc) is 3.46. The first-order valence-electron chi connectivity index (χ1n) is 9.16. The van der Waals surface area contributed by atoms with Crippen LogP contribution in [0.2, 0.25) is 0 Å². The summed E-state index contributed by atoms with van der Waals surface area (Å²) < 4.78 is 14.6. The molecule has 0 bridgehead atoms. The van der Waals surface area contributed by atoms with Crippen molar-refractivity contribution in [1.29, 1.82) is 0 Å². The van der Waals surface area contributed by atoms with E-state index in [2.05, 4.69) is 20.8 Å². The van der Waals surface area contributed by atoms with Crippen LogP contribution in [0.25, 0.3) is 11.3 Å². The number of aromatic nitrogens is 2. The number of carbonyl (C=O) groups excluding carboxylic acids is 3. The molecule has 9 heteroatoms.